The molecule has 0 radical (unpaired) electrons. The second kappa shape index (κ2) is 5.28. The summed E-state index contributed by atoms with van der Waals surface area (Å²) in [5.74, 6) is -0.217. The van der Waals surface area contributed by atoms with Crippen molar-refractivity contribution in [2.45, 2.75) is 26.7 Å². The molecule has 19 heavy (non-hydrogen) atoms. The molecular weight excluding hydrogens is 264 g/mol. The topological polar surface area (TPSA) is 59.5 Å². The van der Waals surface area contributed by atoms with Gasteiger partial charge in [0, 0.05) is 18.5 Å². The second-order valence-electron chi connectivity index (χ2n) is 5.15. The summed E-state index contributed by atoms with van der Waals surface area (Å²) in [6.45, 7) is 4.80. The van der Waals surface area contributed by atoms with Crippen LogP contribution in [0, 0.1) is 12.3 Å². The zero-order valence-corrected chi connectivity index (χ0v) is 12.2. The third kappa shape index (κ3) is 2.94. The molecule has 0 aliphatic carbocycles. The average molecular weight is 282 g/mol. The maximum Gasteiger partial charge on any atom is 0.313 e. The molecule has 1 aromatic heterocycles. The van der Waals surface area contributed by atoms with Gasteiger partial charge in [-0.2, -0.15) is 0 Å². The molecule has 1 saturated heterocycles. The van der Waals surface area contributed by atoms with Gasteiger partial charge in [0.15, 0.2) is 0 Å². The van der Waals surface area contributed by atoms with Crippen LogP contribution < -0.4 is 0 Å². The van der Waals surface area contributed by atoms with Crippen LogP contribution in [0.2, 0.25) is 0 Å². The van der Waals surface area contributed by atoms with Gasteiger partial charge in [-0.3, -0.25) is 9.59 Å². The Balaban J connectivity index is 1.97. The Morgan fingerprint density at radius 2 is 2.32 bits per heavy atom. The predicted molar refractivity (Wildman–Crippen MR) is 71.9 cm³/mol. The number of esters is 1. The monoisotopic (exact) mass is 282 g/mol. The summed E-state index contributed by atoms with van der Waals surface area (Å²) in [5.41, 5.74) is 0.238. The Hall–Kier alpha value is -1.43. The molecule has 1 atom stereocenters. The van der Waals surface area contributed by atoms with Gasteiger partial charge >= 0.3 is 5.97 Å². The number of hydrogen-bond acceptors (Lipinski definition) is 5. The van der Waals surface area contributed by atoms with Gasteiger partial charge in [0.2, 0.25) is 5.91 Å². The van der Waals surface area contributed by atoms with Crippen LogP contribution in [0.25, 0.3) is 0 Å². The van der Waals surface area contributed by atoms with Gasteiger partial charge in [0.05, 0.1) is 29.6 Å². The lowest BCUT2D eigenvalue weighted by atomic mass is 9.90. The first-order valence-corrected chi connectivity index (χ1v) is 7.10. The zero-order chi connectivity index (χ0) is 14.0. The molecule has 0 N–H and O–H groups in total. The van der Waals surface area contributed by atoms with E-state index in [-0.39, 0.29) is 11.9 Å². The number of likely N-dealkylation sites (tertiary alicyclic amines) is 1. The van der Waals surface area contributed by atoms with Crippen molar-refractivity contribution in [3.8, 4) is 0 Å². The molecule has 0 bridgehead atoms. The third-order valence-corrected chi connectivity index (χ3v) is 4.33. The van der Waals surface area contributed by atoms with Crippen LogP contribution in [-0.4, -0.2) is 42.0 Å². The molecule has 0 aromatic carbocycles. The van der Waals surface area contributed by atoms with Crippen molar-refractivity contribution < 1.29 is 14.3 Å². The van der Waals surface area contributed by atoms with Crippen molar-refractivity contribution in [2.24, 2.45) is 5.41 Å². The normalized spacial score (nSPS) is 22.6. The van der Waals surface area contributed by atoms with Crippen LogP contribution in [0.4, 0.5) is 0 Å². The van der Waals surface area contributed by atoms with Crippen LogP contribution in [-0.2, 0) is 20.7 Å². The summed E-state index contributed by atoms with van der Waals surface area (Å²) in [4.78, 5) is 29.9. The van der Waals surface area contributed by atoms with E-state index in [0.717, 1.165) is 10.7 Å². The summed E-state index contributed by atoms with van der Waals surface area (Å²) in [5, 5.41) is 2.87. The van der Waals surface area contributed by atoms with E-state index < -0.39 is 5.41 Å². The number of amides is 1. The molecule has 5 nitrogen and oxygen atoms in total. The lowest BCUT2D eigenvalue weighted by molar-refractivity contribution is -0.151. The van der Waals surface area contributed by atoms with E-state index >= 15 is 0 Å². The second-order valence-corrected chi connectivity index (χ2v) is 6.21. The number of methoxy groups -OCH3 is 1. The van der Waals surface area contributed by atoms with E-state index in [1.165, 1.54) is 7.11 Å². The van der Waals surface area contributed by atoms with E-state index in [1.807, 2.05) is 19.2 Å². The summed E-state index contributed by atoms with van der Waals surface area (Å²) in [7, 11) is 1.39. The first-order valence-electron chi connectivity index (χ1n) is 6.22. The average Bonchev–Trinajstić information content (AvgIpc) is 2.96. The zero-order valence-electron chi connectivity index (χ0n) is 11.4. The molecule has 1 aromatic rings. The van der Waals surface area contributed by atoms with E-state index in [0.29, 0.717) is 25.9 Å². The summed E-state index contributed by atoms with van der Waals surface area (Å²) < 4.78 is 4.80. The van der Waals surface area contributed by atoms with Crippen molar-refractivity contribution in [1.29, 1.82) is 0 Å². The fourth-order valence-corrected chi connectivity index (χ4v) is 2.96. The quantitative estimate of drug-likeness (QED) is 0.786. The smallest absolute Gasteiger partial charge is 0.313 e. The minimum Gasteiger partial charge on any atom is -0.469 e. The minimum atomic E-state index is -0.567. The lowest BCUT2D eigenvalue weighted by Gasteiger charge is -2.21. The first kappa shape index (κ1) is 14.0. The number of ether oxygens (including phenoxy) is 1. The van der Waals surface area contributed by atoms with Crippen molar-refractivity contribution in [3.05, 3.63) is 16.1 Å². The van der Waals surface area contributed by atoms with Gasteiger partial charge in [0.1, 0.15) is 0 Å². The molecule has 0 saturated carbocycles. The number of aromatic nitrogens is 1. The molecule has 104 valence electrons. The Kier molecular flexibility index (Phi) is 3.89. The molecular formula is C13H18N2O3S. The lowest BCUT2D eigenvalue weighted by Crippen LogP contribution is -2.36. The van der Waals surface area contributed by atoms with Crippen molar-refractivity contribution in [3.63, 3.8) is 0 Å². The highest BCUT2D eigenvalue weighted by molar-refractivity contribution is 7.09. The third-order valence-electron chi connectivity index (χ3n) is 3.50. The van der Waals surface area contributed by atoms with Crippen molar-refractivity contribution in [2.75, 3.05) is 20.2 Å². The van der Waals surface area contributed by atoms with Crippen LogP contribution in [0.5, 0.6) is 0 Å². The van der Waals surface area contributed by atoms with Gasteiger partial charge in [-0.1, -0.05) is 0 Å². The van der Waals surface area contributed by atoms with Gasteiger partial charge < -0.3 is 9.64 Å². The number of aryl methyl sites for hydroxylation is 1. The number of hydrogen-bond donors (Lipinski definition) is 0. The highest BCUT2D eigenvalue weighted by Crippen LogP contribution is 2.31. The SMILES string of the molecule is COC(=O)C1(C)CCN(C(=O)Cc2csc(C)n2)C1. The molecule has 1 fully saturated rings. The van der Waals surface area contributed by atoms with Crippen LogP contribution in [0.1, 0.15) is 24.0 Å². The Bertz CT molecular complexity index is 500. The van der Waals surface area contributed by atoms with Gasteiger partial charge in [-0.05, 0) is 20.3 Å². The Morgan fingerprint density at radius 1 is 1.58 bits per heavy atom. The molecule has 2 heterocycles. The molecule has 2 rings (SSSR count). The maximum atomic E-state index is 12.2. The Labute approximate surface area is 116 Å². The number of rotatable bonds is 3. The molecule has 1 unspecified atom stereocenters. The van der Waals surface area contributed by atoms with Crippen molar-refractivity contribution >= 4 is 23.2 Å². The van der Waals surface area contributed by atoms with Gasteiger partial charge in [0.25, 0.3) is 0 Å². The number of thiazole rings is 1. The van der Waals surface area contributed by atoms with Gasteiger partial charge in [-0.25, -0.2) is 4.98 Å². The number of carbonyl (C=O) groups is 2. The van der Waals surface area contributed by atoms with Crippen LogP contribution in [0.15, 0.2) is 5.38 Å². The molecule has 1 aliphatic heterocycles. The standard InChI is InChI=1S/C13H18N2O3S/c1-9-14-10(7-19-9)6-11(16)15-5-4-13(2,8-15)12(17)18-3/h7H,4-6,8H2,1-3H3. The predicted octanol–water partition coefficient (Wildman–Crippen LogP) is 1.41. The Morgan fingerprint density at radius 3 is 2.89 bits per heavy atom. The summed E-state index contributed by atoms with van der Waals surface area (Å²) >= 11 is 1.54. The summed E-state index contributed by atoms with van der Waals surface area (Å²) in [6.07, 6.45) is 0.961. The summed E-state index contributed by atoms with van der Waals surface area (Å²) in [6, 6.07) is 0. The van der Waals surface area contributed by atoms with Crippen LogP contribution >= 0.6 is 11.3 Å². The van der Waals surface area contributed by atoms with Gasteiger partial charge in [-0.15, -0.1) is 11.3 Å². The highest BCUT2D eigenvalue weighted by atomic mass is 32.1. The molecule has 1 amide bonds. The molecule has 0 spiro atoms. The van der Waals surface area contributed by atoms with Crippen LogP contribution in [0.3, 0.4) is 0 Å². The fraction of sp³-hybridized carbons (Fsp3) is 0.615. The van der Waals surface area contributed by atoms with E-state index in [2.05, 4.69) is 4.98 Å². The molecule has 6 heteroatoms. The van der Waals surface area contributed by atoms with E-state index in [9.17, 15) is 9.59 Å². The first-order chi connectivity index (χ1) is 8.94. The van der Waals surface area contributed by atoms with Crippen molar-refractivity contribution in [1.82, 2.24) is 9.88 Å². The maximum absolute atomic E-state index is 12.2. The number of carbonyl (C=O) groups excluding carboxylic acids is 2. The largest absolute Gasteiger partial charge is 0.469 e. The van der Waals surface area contributed by atoms with E-state index in [1.54, 1.807) is 16.2 Å². The minimum absolute atomic E-state index is 0.0259. The fourth-order valence-electron chi connectivity index (χ4n) is 2.34. The number of nitrogens with zero attached hydrogens (tertiary/aromatic N) is 2. The molecule has 1 aliphatic rings. The van der Waals surface area contributed by atoms with E-state index in [4.69, 9.17) is 4.74 Å². The highest BCUT2D eigenvalue weighted by Gasteiger charge is 2.42.